The lowest BCUT2D eigenvalue weighted by Gasteiger charge is -2.34. The minimum atomic E-state index is -0.0593. The van der Waals surface area contributed by atoms with Crippen LogP contribution in [0.15, 0.2) is 22.5 Å². The molecule has 4 rings (SSSR count). The summed E-state index contributed by atoms with van der Waals surface area (Å²) in [6.45, 7) is 2.51. The van der Waals surface area contributed by atoms with Crippen LogP contribution in [0.4, 0.5) is 5.13 Å². The number of piperazine rings is 1. The smallest absolute Gasteiger partial charge is 0.257 e. The van der Waals surface area contributed by atoms with Crippen molar-refractivity contribution in [1.29, 1.82) is 0 Å². The summed E-state index contributed by atoms with van der Waals surface area (Å²) in [4.78, 5) is 29.1. The van der Waals surface area contributed by atoms with E-state index in [9.17, 15) is 9.59 Å². The lowest BCUT2D eigenvalue weighted by Crippen LogP contribution is -2.48. The molecular formula is C22H29N5O4S2. The third kappa shape index (κ3) is 5.89. The molecule has 2 heterocycles. The molecule has 0 atom stereocenters. The van der Waals surface area contributed by atoms with Crippen LogP contribution in [-0.4, -0.2) is 79.1 Å². The normalized spacial score (nSPS) is 16.7. The fourth-order valence-electron chi connectivity index (χ4n) is 4.10. The van der Waals surface area contributed by atoms with E-state index in [2.05, 4.69) is 20.4 Å². The summed E-state index contributed by atoms with van der Waals surface area (Å²) in [5, 5.41) is 12.5. The van der Waals surface area contributed by atoms with Crippen molar-refractivity contribution in [3.63, 3.8) is 0 Å². The Labute approximate surface area is 201 Å². The van der Waals surface area contributed by atoms with Gasteiger partial charge >= 0.3 is 0 Å². The molecule has 1 aromatic carbocycles. The number of hydrogen-bond donors (Lipinski definition) is 1. The number of anilines is 1. The lowest BCUT2D eigenvalue weighted by molar-refractivity contribution is -0.119. The summed E-state index contributed by atoms with van der Waals surface area (Å²) >= 11 is 2.91. The monoisotopic (exact) mass is 491 g/mol. The first-order chi connectivity index (χ1) is 16.1. The summed E-state index contributed by atoms with van der Waals surface area (Å²) in [6, 6.07) is 5.56. The number of nitrogens with one attached hydrogen (secondary N) is 1. The van der Waals surface area contributed by atoms with Gasteiger partial charge in [-0.2, -0.15) is 0 Å². The van der Waals surface area contributed by atoms with E-state index in [1.54, 1.807) is 32.4 Å². The van der Waals surface area contributed by atoms with Gasteiger partial charge in [0, 0.05) is 38.3 Å². The molecule has 33 heavy (non-hydrogen) atoms. The van der Waals surface area contributed by atoms with Crippen molar-refractivity contribution >= 4 is 40.0 Å². The van der Waals surface area contributed by atoms with Gasteiger partial charge in [-0.3, -0.25) is 9.59 Å². The van der Waals surface area contributed by atoms with Gasteiger partial charge in [0.25, 0.3) is 5.91 Å². The molecular weight excluding hydrogens is 462 g/mol. The molecule has 0 bridgehead atoms. The first-order valence-corrected chi connectivity index (χ1v) is 12.9. The molecule has 0 radical (unpaired) electrons. The van der Waals surface area contributed by atoms with Crippen LogP contribution < -0.4 is 19.7 Å². The topological polar surface area (TPSA) is 96.9 Å². The van der Waals surface area contributed by atoms with Crippen LogP contribution in [0.25, 0.3) is 0 Å². The molecule has 1 saturated carbocycles. The summed E-state index contributed by atoms with van der Waals surface area (Å²) in [5.74, 6) is 1.51. The van der Waals surface area contributed by atoms with E-state index in [1.165, 1.54) is 35.9 Å². The molecule has 1 aliphatic heterocycles. The molecule has 0 spiro atoms. The Balaban J connectivity index is 1.27. The predicted octanol–water partition coefficient (Wildman–Crippen LogP) is 2.67. The van der Waals surface area contributed by atoms with Gasteiger partial charge in [0.15, 0.2) is 4.34 Å². The highest BCUT2D eigenvalue weighted by atomic mass is 32.2. The second-order valence-corrected chi connectivity index (χ2v) is 10.2. The standard InChI is InChI=1S/C22H29N5O4S2/c1-30-16-7-8-17(18(13-16)31-2)20(29)26-9-11-27(12-10-26)21-24-25-22(33-21)32-14-19(28)23-15-5-3-4-6-15/h7-8,13,15H,3-6,9-12,14H2,1-2H3,(H,23,28). The van der Waals surface area contributed by atoms with E-state index in [1.807, 2.05) is 4.90 Å². The SMILES string of the molecule is COc1ccc(C(=O)N2CCN(c3nnc(SCC(=O)NC4CCCC4)s3)CC2)c(OC)c1. The van der Waals surface area contributed by atoms with Crippen LogP contribution in [0.2, 0.25) is 0 Å². The summed E-state index contributed by atoms with van der Waals surface area (Å²) in [6.07, 6.45) is 4.56. The Morgan fingerprint density at radius 1 is 1.12 bits per heavy atom. The average Bonchev–Trinajstić information content (AvgIpc) is 3.54. The summed E-state index contributed by atoms with van der Waals surface area (Å²) in [5.41, 5.74) is 0.525. The Kier molecular flexibility index (Phi) is 7.92. The predicted molar refractivity (Wildman–Crippen MR) is 129 cm³/mol. The highest BCUT2D eigenvalue weighted by Crippen LogP contribution is 2.30. The van der Waals surface area contributed by atoms with Crippen LogP contribution >= 0.6 is 23.1 Å². The molecule has 2 amide bonds. The molecule has 2 aliphatic rings. The quantitative estimate of drug-likeness (QED) is 0.563. The Morgan fingerprint density at radius 2 is 1.88 bits per heavy atom. The van der Waals surface area contributed by atoms with Gasteiger partial charge in [-0.25, -0.2) is 0 Å². The van der Waals surface area contributed by atoms with Crippen molar-refractivity contribution in [3.05, 3.63) is 23.8 Å². The van der Waals surface area contributed by atoms with E-state index < -0.39 is 0 Å². The molecule has 1 aliphatic carbocycles. The number of carbonyl (C=O) groups excluding carboxylic acids is 2. The van der Waals surface area contributed by atoms with Gasteiger partial charge in [0.05, 0.1) is 25.5 Å². The maximum absolute atomic E-state index is 13.0. The van der Waals surface area contributed by atoms with Crippen molar-refractivity contribution in [2.24, 2.45) is 0 Å². The Bertz CT molecular complexity index is 971. The van der Waals surface area contributed by atoms with Gasteiger partial charge in [0.2, 0.25) is 11.0 Å². The number of carbonyl (C=O) groups is 2. The minimum Gasteiger partial charge on any atom is -0.497 e. The number of ether oxygens (including phenoxy) is 2. The molecule has 178 valence electrons. The molecule has 1 N–H and O–H groups in total. The number of methoxy groups -OCH3 is 2. The van der Waals surface area contributed by atoms with Crippen molar-refractivity contribution in [2.45, 2.75) is 36.1 Å². The maximum Gasteiger partial charge on any atom is 0.257 e. The third-order valence-electron chi connectivity index (χ3n) is 5.92. The largest absolute Gasteiger partial charge is 0.497 e. The number of aromatic nitrogens is 2. The Morgan fingerprint density at radius 3 is 2.58 bits per heavy atom. The van der Waals surface area contributed by atoms with Crippen molar-refractivity contribution in [2.75, 3.05) is 51.1 Å². The minimum absolute atomic E-state index is 0.0593. The zero-order chi connectivity index (χ0) is 23.2. The number of thioether (sulfide) groups is 1. The molecule has 1 aromatic heterocycles. The summed E-state index contributed by atoms with van der Waals surface area (Å²) < 4.78 is 11.4. The fraction of sp³-hybridized carbons (Fsp3) is 0.545. The second-order valence-electron chi connectivity index (χ2n) is 8.03. The molecule has 2 aromatic rings. The number of amides is 2. The first kappa shape index (κ1) is 23.6. The van der Waals surface area contributed by atoms with E-state index in [-0.39, 0.29) is 11.8 Å². The molecule has 2 fully saturated rings. The number of rotatable bonds is 8. The van der Waals surface area contributed by atoms with E-state index >= 15 is 0 Å². The van der Waals surface area contributed by atoms with Crippen LogP contribution in [0, 0.1) is 0 Å². The lowest BCUT2D eigenvalue weighted by atomic mass is 10.1. The van der Waals surface area contributed by atoms with Gasteiger partial charge in [-0.1, -0.05) is 35.9 Å². The molecule has 0 unspecified atom stereocenters. The fourth-order valence-corrected chi connectivity index (χ4v) is 5.81. The number of benzene rings is 1. The Hall–Kier alpha value is -2.53. The second kappa shape index (κ2) is 11.1. The van der Waals surface area contributed by atoms with Crippen LogP contribution in [-0.2, 0) is 4.79 Å². The molecule has 9 nitrogen and oxygen atoms in total. The van der Waals surface area contributed by atoms with Crippen LogP contribution in [0.3, 0.4) is 0 Å². The van der Waals surface area contributed by atoms with Crippen molar-refractivity contribution in [1.82, 2.24) is 20.4 Å². The van der Waals surface area contributed by atoms with Gasteiger partial charge in [-0.15, -0.1) is 10.2 Å². The summed E-state index contributed by atoms with van der Waals surface area (Å²) in [7, 11) is 3.13. The van der Waals surface area contributed by atoms with Gasteiger partial charge < -0.3 is 24.6 Å². The van der Waals surface area contributed by atoms with Gasteiger partial charge in [-0.05, 0) is 25.0 Å². The van der Waals surface area contributed by atoms with Crippen molar-refractivity contribution in [3.8, 4) is 11.5 Å². The molecule has 11 heteroatoms. The van der Waals surface area contributed by atoms with E-state index in [4.69, 9.17) is 9.47 Å². The first-order valence-electron chi connectivity index (χ1n) is 11.1. The zero-order valence-corrected chi connectivity index (χ0v) is 20.5. The maximum atomic E-state index is 13.0. The number of hydrogen-bond acceptors (Lipinski definition) is 9. The average molecular weight is 492 g/mol. The van der Waals surface area contributed by atoms with E-state index in [0.717, 1.165) is 22.3 Å². The highest BCUT2D eigenvalue weighted by molar-refractivity contribution is 8.01. The zero-order valence-electron chi connectivity index (χ0n) is 18.9. The van der Waals surface area contributed by atoms with Crippen LogP contribution in [0.5, 0.6) is 11.5 Å². The van der Waals surface area contributed by atoms with Crippen LogP contribution in [0.1, 0.15) is 36.0 Å². The number of nitrogens with zero attached hydrogens (tertiary/aromatic N) is 4. The third-order valence-corrected chi connectivity index (χ3v) is 8.04. The molecule has 1 saturated heterocycles. The van der Waals surface area contributed by atoms with E-state index in [0.29, 0.717) is 55.0 Å². The van der Waals surface area contributed by atoms with Gasteiger partial charge in [0.1, 0.15) is 11.5 Å². The van der Waals surface area contributed by atoms with Crippen molar-refractivity contribution < 1.29 is 19.1 Å². The highest BCUT2D eigenvalue weighted by Gasteiger charge is 2.26.